The van der Waals surface area contributed by atoms with Crippen molar-refractivity contribution in [2.24, 2.45) is 5.92 Å². The third kappa shape index (κ3) is 8.01. The van der Waals surface area contributed by atoms with Crippen LogP contribution in [-0.4, -0.2) is 41.8 Å². The maximum Gasteiger partial charge on any atom is 0.251 e. The van der Waals surface area contributed by atoms with E-state index in [1.54, 1.807) is 17.6 Å². The van der Waals surface area contributed by atoms with Crippen LogP contribution in [0.15, 0.2) is 59.5 Å². The molecule has 1 amide bonds. The second-order valence-corrected chi connectivity index (χ2v) is 11.8. The summed E-state index contributed by atoms with van der Waals surface area (Å²) in [5, 5.41) is 3.16. The molecule has 0 radical (unpaired) electrons. The zero-order valence-corrected chi connectivity index (χ0v) is 25.4. The van der Waals surface area contributed by atoms with Crippen molar-refractivity contribution in [2.45, 2.75) is 72.9 Å². The van der Waals surface area contributed by atoms with E-state index < -0.39 is 12.1 Å². The quantitative estimate of drug-likeness (QED) is 0.306. The van der Waals surface area contributed by atoms with E-state index >= 15 is 0 Å². The van der Waals surface area contributed by atoms with E-state index in [0.717, 1.165) is 40.8 Å². The molecule has 2 atom stereocenters. The van der Waals surface area contributed by atoms with Gasteiger partial charge in [0.2, 0.25) is 5.91 Å². The number of nitrogens with zero attached hydrogens (tertiary/aromatic N) is 2. The normalized spacial score (nSPS) is 12.9. The molecule has 0 bridgehead atoms. The molecule has 0 fully saturated rings. The maximum atomic E-state index is 13.9. The topological polar surface area (TPSA) is 71.4 Å². The molecule has 0 aliphatic rings. The van der Waals surface area contributed by atoms with Crippen LogP contribution in [-0.2, 0) is 16.0 Å². The predicted molar refractivity (Wildman–Crippen MR) is 164 cm³/mol. The third-order valence-corrected chi connectivity index (χ3v) is 7.42. The molecular formula is C34H45N3O3. The monoisotopic (exact) mass is 543 g/mol. The Bertz CT molecular complexity index is 1380. The number of likely N-dealkylation sites (N-methyl/N-ethyl adjacent to an activating group) is 1. The number of amides is 1. The molecule has 0 spiro atoms. The van der Waals surface area contributed by atoms with Crippen molar-refractivity contribution in [2.75, 3.05) is 20.6 Å². The van der Waals surface area contributed by atoms with Crippen LogP contribution in [0.3, 0.4) is 0 Å². The second-order valence-electron chi connectivity index (χ2n) is 11.8. The highest BCUT2D eigenvalue weighted by Gasteiger charge is 2.27. The van der Waals surface area contributed by atoms with Gasteiger partial charge in [-0.05, 0) is 106 Å². The fraction of sp³-hybridized carbons (Fsp3) is 0.441. The molecular weight excluding hydrogens is 498 g/mol. The largest absolute Gasteiger partial charge is 0.347 e. The van der Waals surface area contributed by atoms with Gasteiger partial charge in [0.1, 0.15) is 11.8 Å². The molecule has 214 valence electrons. The molecule has 0 aliphatic carbocycles. The Labute approximate surface area is 239 Å². The Balaban J connectivity index is 2.00. The number of aromatic nitrogens is 1. The number of hydrogen-bond acceptors (Lipinski definition) is 4. The van der Waals surface area contributed by atoms with Crippen LogP contribution < -0.4 is 10.9 Å². The van der Waals surface area contributed by atoms with Crippen molar-refractivity contribution in [3.8, 4) is 11.1 Å². The van der Waals surface area contributed by atoms with Gasteiger partial charge in [-0.25, -0.2) is 0 Å². The van der Waals surface area contributed by atoms with Gasteiger partial charge in [0.25, 0.3) is 5.56 Å². The Morgan fingerprint density at radius 3 is 2.20 bits per heavy atom. The molecule has 3 rings (SSSR count). The molecule has 6 nitrogen and oxygen atoms in total. The van der Waals surface area contributed by atoms with Crippen LogP contribution in [0.1, 0.15) is 73.5 Å². The second kappa shape index (κ2) is 13.7. The fourth-order valence-electron chi connectivity index (χ4n) is 5.32. The van der Waals surface area contributed by atoms with Crippen LogP contribution in [0, 0.1) is 26.7 Å². The molecule has 2 aromatic carbocycles. The molecule has 40 heavy (non-hydrogen) atoms. The summed E-state index contributed by atoms with van der Waals surface area (Å²) >= 11 is 0. The van der Waals surface area contributed by atoms with Crippen molar-refractivity contribution in [1.82, 2.24) is 14.8 Å². The number of hydrogen-bond donors (Lipinski definition) is 1. The van der Waals surface area contributed by atoms with Gasteiger partial charge < -0.3 is 14.8 Å². The SMILES string of the molecule is CC(=O)C[C@H](NC(=O)C(CC(C)C)n1cc(CCN(C)C)c(C)cc1=O)c1cccc(-c2c(C)cccc2C)c1. The molecule has 1 N–H and O–H groups in total. The molecule has 6 heteroatoms. The van der Waals surface area contributed by atoms with Crippen LogP contribution >= 0.6 is 0 Å². The highest BCUT2D eigenvalue weighted by Crippen LogP contribution is 2.30. The minimum Gasteiger partial charge on any atom is -0.347 e. The number of carbonyl (C=O) groups is 2. The van der Waals surface area contributed by atoms with Gasteiger partial charge in [-0.2, -0.15) is 0 Å². The Kier molecular flexibility index (Phi) is 10.6. The van der Waals surface area contributed by atoms with E-state index in [9.17, 15) is 14.4 Å². The van der Waals surface area contributed by atoms with E-state index in [4.69, 9.17) is 0 Å². The molecule has 0 aliphatic heterocycles. The van der Waals surface area contributed by atoms with Gasteiger partial charge in [-0.1, -0.05) is 50.2 Å². The Hall–Kier alpha value is -3.51. The van der Waals surface area contributed by atoms with Crippen LogP contribution in [0.4, 0.5) is 0 Å². The van der Waals surface area contributed by atoms with Crippen LogP contribution in [0.25, 0.3) is 11.1 Å². The van der Waals surface area contributed by atoms with Gasteiger partial charge in [-0.15, -0.1) is 0 Å². The van der Waals surface area contributed by atoms with Gasteiger partial charge >= 0.3 is 0 Å². The summed E-state index contributed by atoms with van der Waals surface area (Å²) in [6, 6.07) is 14.7. The van der Waals surface area contributed by atoms with E-state index in [1.165, 1.54) is 11.1 Å². The van der Waals surface area contributed by atoms with Gasteiger partial charge in [0, 0.05) is 25.2 Å². The Morgan fingerprint density at radius 2 is 1.60 bits per heavy atom. The van der Waals surface area contributed by atoms with Crippen molar-refractivity contribution in [1.29, 1.82) is 0 Å². The van der Waals surface area contributed by atoms with Crippen molar-refractivity contribution >= 4 is 11.7 Å². The number of aryl methyl sites for hydroxylation is 3. The van der Waals surface area contributed by atoms with E-state index in [2.05, 4.69) is 48.3 Å². The molecule has 3 aromatic rings. The van der Waals surface area contributed by atoms with Crippen molar-refractivity contribution < 1.29 is 9.59 Å². The summed E-state index contributed by atoms with van der Waals surface area (Å²) in [5.74, 6) is -0.0728. The summed E-state index contributed by atoms with van der Waals surface area (Å²) in [7, 11) is 4.04. The first-order chi connectivity index (χ1) is 18.9. The van der Waals surface area contributed by atoms with E-state index in [-0.39, 0.29) is 29.6 Å². The van der Waals surface area contributed by atoms with E-state index in [0.29, 0.717) is 6.42 Å². The third-order valence-electron chi connectivity index (χ3n) is 7.42. The summed E-state index contributed by atoms with van der Waals surface area (Å²) in [4.78, 5) is 41.6. The molecule has 1 heterocycles. The van der Waals surface area contributed by atoms with Crippen molar-refractivity contribution in [3.63, 3.8) is 0 Å². The first kappa shape index (κ1) is 31.0. The number of carbonyl (C=O) groups excluding carboxylic acids is 2. The minimum atomic E-state index is -0.678. The average molecular weight is 544 g/mol. The first-order valence-corrected chi connectivity index (χ1v) is 14.2. The predicted octanol–water partition coefficient (Wildman–Crippen LogP) is 5.97. The lowest BCUT2D eigenvalue weighted by Gasteiger charge is -2.26. The number of rotatable bonds is 12. The lowest BCUT2D eigenvalue weighted by molar-refractivity contribution is -0.126. The molecule has 1 aromatic heterocycles. The number of ketones is 1. The lowest BCUT2D eigenvalue weighted by Crippen LogP contribution is -2.40. The van der Waals surface area contributed by atoms with Gasteiger partial charge in [0.15, 0.2) is 0 Å². The van der Waals surface area contributed by atoms with Crippen LogP contribution in [0.2, 0.25) is 0 Å². The van der Waals surface area contributed by atoms with Gasteiger partial charge in [-0.3, -0.25) is 14.4 Å². The fourth-order valence-corrected chi connectivity index (χ4v) is 5.32. The first-order valence-electron chi connectivity index (χ1n) is 14.2. The summed E-state index contributed by atoms with van der Waals surface area (Å²) in [5.41, 5.74) is 7.22. The standard InChI is InChI=1S/C34H45N3O3/c1-22(2)17-31(37-21-29(15-16-36(7)8)25(5)18-32(37)39)34(40)35-30(19-26(6)38)27-13-10-14-28(20-27)33-23(3)11-9-12-24(33)4/h9-14,18,20-22,30-31H,15-17,19H2,1-8H3,(H,35,40)/t30-,31?/m0/s1. The summed E-state index contributed by atoms with van der Waals surface area (Å²) < 4.78 is 1.59. The smallest absolute Gasteiger partial charge is 0.251 e. The highest BCUT2D eigenvalue weighted by molar-refractivity contribution is 5.83. The van der Waals surface area contributed by atoms with E-state index in [1.807, 2.05) is 59.3 Å². The highest BCUT2D eigenvalue weighted by atomic mass is 16.2. The zero-order chi connectivity index (χ0) is 29.6. The van der Waals surface area contributed by atoms with Crippen molar-refractivity contribution in [3.05, 3.63) is 92.9 Å². The lowest BCUT2D eigenvalue weighted by atomic mass is 9.92. The zero-order valence-electron chi connectivity index (χ0n) is 25.4. The number of pyridine rings is 1. The maximum absolute atomic E-state index is 13.9. The number of nitrogens with one attached hydrogen (secondary N) is 1. The summed E-state index contributed by atoms with van der Waals surface area (Å²) in [6.45, 7) is 12.6. The summed E-state index contributed by atoms with van der Waals surface area (Å²) in [6.07, 6.45) is 3.33. The number of benzene rings is 2. The molecule has 1 unspecified atom stereocenters. The number of Topliss-reactive ketones (excluding diaryl/α,β-unsaturated/α-hetero) is 1. The molecule has 0 saturated carbocycles. The van der Waals surface area contributed by atoms with Crippen LogP contribution in [0.5, 0.6) is 0 Å². The molecule has 0 saturated heterocycles. The minimum absolute atomic E-state index is 0.0124. The Morgan fingerprint density at radius 1 is 0.950 bits per heavy atom. The average Bonchev–Trinajstić information content (AvgIpc) is 2.86. The van der Waals surface area contributed by atoms with Gasteiger partial charge in [0.05, 0.1) is 6.04 Å².